The molecule has 2 N–H and O–H groups in total. The summed E-state index contributed by atoms with van der Waals surface area (Å²) >= 11 is 0. The minimum atomic E-state index is -0.619. The van der Waals surface area contributed by atoms with E-state index < -0.39 is 6.04 Å². The number of hydrogen-bond acceptors (Lipinski definition) is 4. The van der Waals surface area contributed by atoms with Crippen molar-refractivity contribution >= 4 is 17.8 Å². The van der Waals surface area contributed by atoms with Crippen LogP contribution in [-0.2, 0) is 16.0 Å². The van der Waals surface area contributed by atoms with Crippen LogP contribution in [0.25, 0.3) is 16.9 Å². The summed E-state index contributed by atoms with van der Waals surface area (Å²) in [5.74, 6) is 0.146. The van der Waals surface area contributed by atoms with Gasteiger partial charge in [0.1, 0.15) is 6.04 Å². The van der Waals surface area contributed by atoms with Crippen LogP contribution < -0.4 is 10.6 Å². The van der Waals surface area contributed by atoms with E-state index in [1.807, 2.05) is 53.2 Å². The zero-order chi connectivity index (χ0) is 22.5. The molecule has 4 rings (SSSR count). The molecule has 1 fully saturated rings. The van der Waals surface area contributed by atoms with Gasteiger partial charge in [-0.15, -0.1) is 5.10 Å². The van der Waals surface area contributed by atoms with Gasteiger partial charge in [0.2, 0.25) is 5.91 Å². The topological polar surface area (TPSA) is 88.5 Å². The summed E-state index contributed by atoms with van der Waals surface area (Å²) in [4.78, 5) is 26.6. The number of methoxy groups -OCH3 is 1. The first-order chi connectivity index (χ1) is 15.6. The lowest BCUT2D eigenvalue weighted by atomic mass is 10.1. The van der Waals surface area contributed by atoms with E-state index >= 15 is 0 Å². The Morgan fingerprint density at radius 1 is 1.19 bits per heavy atom. The van der Waals surface area contributed by atoms with Crippen LogP contribution in [-0.4, -0.2) is 59.5 Å². The van der Waals surface area contributed by atoms with Crippen LogP contribution in [0.3, 0.4) is 0 Å². The summed E-state index contributed by atoms with van der Waals surface area (Å²) < 4.78 is 6.89. The van der Waals surface area contributed by atoms with E-state index in [1.54, 1.807) is 7.11 Å². The molecule has 2 heterocycles. The molecule has 32 heavy (non-hydrogen) atoms. The molecular weight excluding hydrogens is 406 g/mol. The van der Waals surface area contributed by atoms with Crippen molar-refractivity contribution in [1.29, 1.82) is 0 Å². The second-order valence-electron chi connectivity index (χ2n) is 7.59. The summed E-state index contributed by atoms with van der Waals surface area (Å²) in [5.41, 5.74) is 4.00. The molecule has 0 bridgehead atoms. The van der Waals surface area contributed by atoms with Gasteiger partial charge in [-0.25, -0.2) is 9.48 Å². The van der Waals surface area contributed by atoms with Gasteiger partial charge >= 0.3 is 6.03 Å². The van der Waals surface area contributed by atoms with E-state index in [1.165, 1.54) is 10.5 Å². The van der Waals surface area contributed by atoms with E-state index in [2.05, 4.69) is 34.8 Å². The number of ether oxygens (including phenoxy) is 1. The molecule has 8 heteroatoms. The fourth-order valence-corrected chi connectivity index (χ4v) is 3.79. The highest BCUT2D eigenvalue weighted by Gasteiger charge is 2.36. The van der Waals surface area contributed by atoms with Crippen molar-refractivity contribution in [2.24, 2.45) is 0 Å². The van der Waals surface area contributed by atoms with E-state index in [-0.39, 0.29) is 18.5 Å². The highest BCUT2D eigenvalue weighted by molar-refractivity contribution is 5.98. The van der Waals surface area contributed by atoms with Crippen molar-refractivity contribution < 1.29 is 14.3 Å². The molecule has 1 saturated heterocycles. The molecule has 0 saturated carbocycles. The van der Waals surface area contributed by atoms with Gasteiger partial charge in [-0.05, 0) is 30.2 Å². The minimum absolute atomic E-state index is 0.249. The van der Waals surface area contributed by atoms with E-state index in [9.17, 15) is 9.59 Å². The highest BCUT2D eigenvalue weighted by atomic mass is 16.5. The van der Waals surface area contributed by atoms with Crippen LogP contribution in [0.1, 0.15) is 12.5 Å². The Labute approximate surface area is 187 Å². The number of anilines is 1. The van der Waals surface area contributed by atoms with Gasteiger partial charge in [-0.2, -0.15) is 0 Å². The van der Waals surface area contributed by atoms with Crippen molar-refractivity contribution in [3.05, 3.63) is 66.2 Å². The third-order valence-corrected chi connectivity index (χ3v) is 5.52. The fraction of sp³-hybridized carbons (Fsp3) is 0.292. The molecule has 0 aliphatic carbocycles. The number of carbonyl (C=O) groups excluding carboxylic acids is 2. The quantitative estimate of drug-likeness (QED) is 0.571. The van der Waals surface area contributed by atoms with Crippen LogP contribution in [0.2, 0.25) is 0 Å². The Balaban J connectivity index is 1.64. The first-order valence-corrected chi connectivity index (χ1v) is 10.7. The van der Waals surface area contributed by atoms with Crippen molar-refractivity contribution in [3.8, 4) is 16.9 Å². The van der Waals surface area contributed by atoms with Crippen molar-refractivity contribution in [1.82, 2.24) is 20.0 Å². The first-order valence-electron chi connectivity index (χ1n) is 10.7. The maximum Gasteiger partial charge on any atom is 0.318 e. The van der Waals surface area contributed by atoms with Crippen LogP contribution in [0.4, 0.5) is 10.6 Å². The van der Waals surface area contributed by atoms with Gasteiger partial charge in [-0.1, -0.05) is 43.3 Å². The summed E-state index contributed by atoms with van der Waals surface area (Å²) in [7, 11) is 1.56. The van der Waals surface area contributed by atoms with Gasteiger partial charge in [0.25, 0.3) is 0 Å². The molecule has 1 aliphatic rings. The Kier molecular flexibility index (Phi) is 6.51. The van der Waals surface area contributed by atoms with E-state index in [0.29, 0.717) is 19.0 Å². The zero-order valence-electron chi connectivity index (χ0n) is 18.2. The standard InChI is InChI=1S/C24H27N5O3/c1-3-17-8-7-9-18(14-17)20-15-22(27-29(20)19-10-5-4-6-11-19)26-23(30)21-16-25-24(31)28(21)12-13-32-2/h4-11,14-15,21H,3,12-13,16H2,1-2H3,(H,25,31)(H,26,27,30)/t21-/m1/s1. The van der Waals surface area contributed by atoms with Crippen molar-refractivity contribution in [2.75, 3.05) is 32.1 Å². The molecular formula is C24H27N5O3. The van der Waals surface area contributed by atoms with Crippen LogP contribution in [0.5, 0.6) is 0 Å². The van der Waals surface area contributed by atoms with Crippen LogP contribution in [0, 0.1) is 0 Å². The van der Waals surface area contributed by atoms with Gasteiger partial charge < -0.3 is 20.3 Å². The van der Waals surface area contributed by atoms with Crippen molar-refractivity contribution in [3.63, 3.8) is 0 Å². The van der Waals surface area contributed by atoms with Gasteiger partial charge in [-0.3, -0.25) is 4.79 Å². The largest absolute Gasteiger partial charge is 0.383 e. The molecule has 0 unspecified atom stereocenters. The number of amides is 3. The average Bonchev–Trinajstić information content (AvgIpc) is 3.41. The van der Waals surface area contributed by atoms with Crippen molar-refractivity contribution in [2.45, 2.75) is 19.4 Å². The normalized spacial score (nSPS) is 15.6. The zero-order valence-corrected chi connectivity index (χ0v) is 18.2. The van der Waals surface area contributed by atoms with Gasteiger partial charge in [0.05, 0.1) is 18.0 Å². The van der Waals surface area contributed by atoms with Gasteiger partial charge in [0.15, 0.2) is 5.82 Å². The Morgan fingerprint density at radius 3 is 2.75 bits per heavy atom. The van der Waals surface area contributed by atoms with Crippen LogP contribution in [0.15, 0.2) is 60.7 Å². The Bertz CT molecular complexity index is 1100. The molecule has 166 valence electrons. The second-order valence-corrected chi connectivity index (χ2v) is 7.59. The van der Waals surface area contributed by atoms with Gasteiger partial charge in [0, 0.05) is 31.8 Å². The molecule has 2 aromatic carbocycles. The lowest BCUT2D eigenvalue weighted by molar-refractivity contribution is -0.119. The molecule has 1 aromatic heterocycles. The third kappa shape index (κ3) is 4.50. The first kappa shape index (κ1) is 21.6. The highest BCUT2D eigenvalue weighted by Crippen LogP contribution is 2.27. The molecule has 0 radical (unpaired) electrons. The molecule has 1 aliphatic heterocycles. The molecule has 1 atom stereocenters. The maximum absolute atomic E-state index is 13.0. The van der Waals surface area contributed by atoms with E-state index in [0.717, 1.165) is 23.4 Å². The number of urea groups is 1. The SMILES string of the molecule is CCc1cccc(-c2cc(NC(=O)[C@H]3CNC(=O)N3CCOC)nn2-c2ccccc2)c1. The number of aromatic nitrogens is 2. The molecule has 0 spiro atoms. The third-order valence-electron chi connectivity index (χ3n) is 5.52. The number of carbonyl (C=O) groups is 2. The number of nitrogens with one attached hydrogen (secondary N) is 2. The number of benzene rings is 2. The number of nitrogens with zero attached hydrogens (tertiary/aromatic N) is 3. The van der Waals surface area contributed by atoms with E-state index in [4.69, 9.17) is 4.74 Å². The Hall–Kier alpha value is -3.65. The lowest BCUT2D eigenvalue weighted by Crippen LogP contribution is -2.44. The number of rotatable bonds is 8. The fourth-order valence-electron chi connectivity index (χ4n) is 3.79. The molecule has 3 amide bonds. The lowest BCUT2D eigenvalue weighted by Gasteiger charge is -2.21. The molecule has 8 nitrogen and oxygen atoms in total. The molecule has 3 aromatic rings. The monoisotopic (exact) mass is 433 g/mol. The average molecular weight is 434 g/mol. The second kappa shape index (κ2) is 9.65. The summed E-state index contributed by atoms with van der Waals surface area (Å²) in [6.07, 6.45) is 0.928. The predicted molar refractivity (Wildman–Crippen MR) is 123 cm³/mol. The minimum Gasteiger partial charge on any atom is -0.383 e. The summed E-state index contributed by atoms with van der Waals surface area (Å²) in [6.45, 7) is 3.07. The maximum atomic E-state index is 13.0. The predicted octanol–water partition coefficient (Wildman–Crippen LogP) is 3.08. The summed E-state index contributed by atoms with van der Waals surface area (Å²) in [5, 5.41) is 10.3. The summed E-state index contributed by atoms with van der Waals surface area (Å²) in [6, 6.07) is 19.1. The smallest absolute Gasteiger partial charge is 0.318 e. The number of aryl methyl sites for hydroxylation is 1. The van der Waals surface area contributed by atoms with Crippen LogP contribution >= 0.6 is 0 Å². The number of hydrogen-bond donors (Lipinski definition) is 2. The Morgan fingerprint density at radius 2 is 2.00 bits per heavy atom. The number of para-hydroxylation sites is 1.